The quantitative estimate of drug-likeness (QED) is 0.793. The molecule has 1 unspecified atom stereocenters. The number of nitrogens with zero attached hydrogens (tertiary/aromatic N) is 5. The van der Waals surface area contributed by atoms with E-state index in [9.17, 15) is 9.18 Å². The van der Waals surface area contributed by atoms with Gasteiger partial charge in [0.05, 0.1) is 12.6 Å². The number of likely N-dealkylation sites (tertiary alicyclic amines) is 2. The Hall–Kier alpha value is -1.60. The third-order valence-electron chi connectivity index (χ3n) is 4.87. The second-order valence-electron chi connectivity index (χ2n) is 6.59. The lowest BCUT2D eigenvalue weighted by Gasteiger charge is -2.30. The van der Waals surface area contributed by atoms with Crippen LogP contribution in [0.4, 0.5) is 4.39 Å². The van der Waals surface area contributed by atoms with Gasteiger partial charge in [-0.3, -0.25) is 14.6 Å². The highest BCUT2D eigenvalue weighted by atomic mass is 19.1. The van der Waals surface area contributed by atoms with E-state index in [0.717, 1.165) is 13.0 Å². The van der Waals surface area contributed by atoms with E-state index < -0.39 is 6.17 Å². The Morgan fingerprint density at radius 3 is 2.78 bits per heavy atom. The van der Waals surface area contributed by atoms with Crippen LogP contribution in [0.25, 0.3) is 0 Å². The van der Waals surface area contributed by atoms with Gasteiger partial charge in [0.1, 0.15) is 12.0 Å². The monoisotopic (exact) mass is 321 g/mol. The van der Waals surface area contributed by atoms with Gasteiger partial charge in [-0.1, -0.05) is 0 Å². The topological polar surface area (TPSA) is 52.6 Å². The third kappa shape index (κ3) is 3.67. The molecule has 7 heteroatoms. The number of alkyl halides is 1. The zero-order chi connectivity index (χ0) is 16.4. The predicted octanol–water partition coefficient (Wildman–Crippen LogP) is 0.551. The molecule has 0 N–H and O–H groups in total. The van der Waals surface area contributed by atoms with Crippen molar-refractivity contribution >= 4 is 5.91 Å². The van der Waals surface area contributed by atoms with E-state index in [1.54, 1.807) is 23.4 Å². The van der Waals surface area contributed by atoms with Crippen LogP contribution < -0.4 is 0 Å². The van der Waals surface area contributed by atoms with Gasteiger partial charge in [-0.05, 0) is 26.0 Å². The summed E-state index contributed by atoms with van der Waals surface area (Å²) in [5, 5.41) is 0. The predicted molar refractivity (Wildman–Crippen MR) is 84.4 cm³/mol. The van der Waals surface area contributed by atoms with Crippen molar-refractivity contribution in [3.63, 3.8) is 0 Å². The van der Waals surface area contributed by atoms with Gasteiger partial charge in [0.2, 0.25) is 5.91 Å². The van der Waals surface area contributed by atoms with Crippen LogP contribution in [0.3, 0.4) is 0 Å². The highest BCUT2D eigenvalue weighted by Gasteiger charge is 2.37. The number of hydrogen-bond acceptors (Lipinski definition) is 5. The zero-order valence-corrected chi connectivity index (χ0v) is 13.7. The summed E-state index contributed by atoms with van der Waals surface area (Å²) in [6, 6.07) is 1.80. The van der Waals surface area contributed by atoms with Crippen molar-refractivity contribution in [1.82, 2.24) is 24.7 Å². The van der Waals surface area contributed by atoms with Crippen molar-refractivity contribution in [2.45, 2.75) is 37.6 Å². The summed E-state index contributed by atoms with van der Waals surface area (Å²) >= 11 is 0. The maximum Gasteiger partial charge on any atom is 0.239 e. The molecule has 126 valence electrons. The molecule has 1 aromatic heterocycles. The molecule has 3 rings (SSSR count). The Balaban J connectivity index is 1.62. The SMILES string of the molecule is CN1CCC(N(C)C[C@@H]2C[C@H](F)CN2Cc2ncccn2)C1=O. The van der Waals surface area contributed by atoms with E-state index in [-0.39, 0.29) is 18.0 Å². The van der Waals surface area contributed by atoms with E-state index in [1.165, 1.54) is 0 Å². The molecule has 2 aliphatic rings. The van der Waals surface area contributed by atoms with Gasteiger partial charge < -0.3 is 4.90 Å². The molecule has 0 aromatic carbocycles. The Kier molecular flexibility index (Phi) is 4.87. The molecule has 3 heterocycles. The van der Waals surface area contributed by atoms with Crippen LogP contribution >= 0.6 is 0 Å². The summed E-state index contributed by atoms with van der Waals surface area (Å²) in [6.07, 6.45) is 3.95. The smallest absolute Gasteiger partial charge is 0.239 e. The molecule has 6 nitrogen and oxygen atoms in total. The fourth-order valence-electron chi connectivity index (χ4n) is 3.57. The highest BCUT2D eigenvalue weighted by molar-refractivity contribution is 5.83. The van der Waals surface area contributed by atoms with Crippen LogP contribution in [-0.4, -0.2) is 82.6 Å². The van der Waals surface area contributed by atoms with Crippen molar-refractivity contribution < 1.29 is 9.18 Å². The van der Waals surface area contributed by atoms with Crippen LogP contribution in [0.5, 0.6) is 0 Å². The summed E-state index contributed by atoms with van der Waals surface area (Å²) in [5.74, 6) is 0.881. The summed E-state index contributed by atoms with van der Waals surface area (Å²) in [6.45, 7) is 2.46. The maximum absolute atomic E-state index is 13.9. The van der Waals surface area contributed by atoms with Crippen LogP contribution in [-0.2, 0) is 11.3 Å². The zero-order valence-electron chi connectivity index (χ0n) is 13.7. The fraction of sp³-hybridized carbons (Fsp3) is 0.688. The van der Waals surface area contributed by atoms with Gasteiger partial charge in [-0.15, -0.1) is 0 Å². The second-order valence-corrected chi connectivity index (χ2v) is 6.59. The maximum atomic E-state index is 13.9. The minimum Gasteiger partial charge on any atom is -0.344 e. The Morgan fingerprint density at radius 1 is 1.39 bits per heavy atom. The Morgan fingerprint density at radius 2 is 2.13 bits per heavy atom. The summed E-state index contributed by atoms with van der Waals surface area (Å²) in [5.41, 5.74) is 0. The minimum atomic E-state index is -0.820. The Bertz CT molecular complexity index is 543. The molecule has 3 atom stereocenters. The first kappa shape index (κ1) is 16.3. The molecule has 2 aliphatic heterocycles. The molecular weight excluding hydrogens is 297 g/mol. The number of rotatable bonds is 5. The number of aromatic nitrogens is 2. The van der Waals surface area contributed by atoms with Crippen LogP contribution in [0, 0.1) is 0 Å². The molecule has 0 bridgehead atoms. The van der Waals surface area contributed by atoms with Crippen molar-refractivity contribution in [3.8, 4) is 0 Å². The summed E-state index contributed by atoms with van der Waals surface area (Å²) in [7, 11) is 3.80. The highest BCUT2D eigenvalue weighted by Crippen LogP contribution is 2.24. The van der Waals surface area contributed by atoms with Gasteiger partial charge >= 0.3 is 0 Å². The van der Waals surface area contributed by atoms with Gasteiger partial charge in [0, 0.05) is 45.1 Å². The standard InChI is InChI=1S/C16H24FN5O/c1-20-7-4-14(16(20)23)21(2)10-13-8-12(17)9-22(13)11-15-18-5-3-6-19-15/h3,5-6,12-14H,4,7-11H2,1-2H3/t12-,13-,14?/m0/s1. The van der Waals surface area contributed by atoms with Crippen LogP contribution in [0.2, 0.25) is 0 Å². The van der Waals surface area contributed by atoms with E-state index in [4.69, 9.17) is 0 Å². The number of carbonyl (C=O) groups excluding carboxylic acids is 1. The molecule has 23 heavy (non-hydrogen) atoms. The van der Waals surface area contributed by atoms with E-state index >= 15 is 0 Å². The number of halogens is 1. The average Bonchev–Trinajstić information content (AvgIpc) is 3.03. The number of hydrogen-bond donors (Lipinski definition) is 0. The van der Waals surface area contributed by atoms with Crippen LogP contribution in [0.1, 0.15) is 18.7 Å². The van der Waals surface area contributed by atoms with Crippen LogP contribution in [0.15, 0.2) is 18.5 Å². The average molecular weight is 321 g/mol. The minimum absolute atomic E-state index is 0.0755. The Labute approximate surface area is 136 Å². The number of amides is 1. The molecule has 0 radical (unpaired) electrons. The number of likely N-dealkylation sites (N-methyl/N-ethyl adjacent to an activating group) is 2. The molecule has 2 fully saturated rings. The molecule has 0 saturated carbocycles. The lowest BCUT2D eigenvalue weighted by atomic mass is 10.1. The second kappa shape index (κ2) is 6.88. The van der Waals surface area contributed by atoms with E-state index in [2.05, 4.69) is 19.8 Å². The van der Waals surface area contributed by atoms with Crippen molar-refractivity contribution in [1.29, 1.82) is 0 Å². The van der Waals surface area contributed by atoms with Crippen molar-refractivity contribution in [3.05, 3.63) is 24.3 Å². The molecular formula is C16H24FN5O. The lowest BCUT2D eigenvalue weighted by molar-refractivity contribution is -0.130. The fourth-order valence-corrected chi connectivity index (χ4v) is 3.57. The third-order valence-corrected chi connectivity index (χ3v) is 4.87. The van der Waals surface area contributed by atoms with Gasteiger partial charge in [-0.2, -0.15) is 0 Å². The molecule has 1 amide bonds. The first-order chi connectivity index (χ1) is 11.0. The largest absolute Gasteiger partial charge is 0.344 e. The first-order valence-electron chi connectivity index (χ1n) is 8.14. The molecule has 0 aliphatic carbocycles. The van der Waals surface area contributed by atoms with Gasteiger partial charge in [-0.25, -0.2) is 14.4 Å². The lowest BCUT2D eigenvalue weighted by Crippen LogP contribution is -2.45. The first-order valence-corrected chi connectivity index (χ1v) is 8.14. The molecule has 1 aromatic rings. The molecule has 0 spiro atoms. The summed E-state index contributed by atoms with van der Waals surface area (Å²) in [4.78, 5) is 26.5. The van der Waals surface area contributed by atoms with Gasteiger partial charge in [0.15, 0.2) is 0 Å². The normalized spacial score (nSPS) is 29.0. The van der Waals surface area contributed by atoms with E-state index in [1.807, 2.05) is 14.1 Å². The van der Waals surface area contributed by atoms with Gasteiger partial charge in [0.25, 0.3) is 0 Å². The van der Waals surface area contributed by atoms with Crippen molar-refractivity contribution in [2.24, 2.45) is 0 Å². The van der Waals surface area contributed by atoms with E-state index in [0.29, 0.717) is 31.9 Å². The number of carbonyl (C=O) groups is 1. The molecule has 2 saturated heterocycles. The van der Waals surface area contributed by atoms with Crippen molar-refractivity contribution in [2.75, 3.05) is 33.7 Å². The summed E-state index contributed by atoms with van der Waals surface area (Å²) < 4.78 is 13.9.